The van der Waals surface area contributed by atoms with Crippen molar-refractivity contribution in [3.05, 3.63) is 10.1 Å². The van der Waals surface area contributed by atoms with Crippen molar-refractivity contribution in [2.45, 2.75) is 25.7 Å². The fourth-order valence-electron chi connectivity index (χ4n) is 0.799. The molecular weight excluding hydrogens is 148 g/mol. The minimum Gasteiger partial charge on any atom is -0.317 e. The van der Waals surface area contributed by atoms with E-state index in [1.165, 1.54) is 0 Å². The number of rotatable bonds is 7. The van der Waals surface area contributed by atoms with Gasteiger partial charge in [0.25, 0.3) is 0 Å². The smallest absolute Gasteiger partial charge is 0.203 e. The third-order valence-corrected chi connectivity index (χ3v) is 1.38. The Morgan fingerprint density at radius 1 is 1.27 bits per heavy atom. The van der Waals surface area contributed by atoms with E-state index in [2.05, 4.69) is 0 Å². The predicted molar refractivity (Wildman–Crippen MR) is 40.1 cm³/mol. The maximum atomic E-state index is 9.84. The van der Waals surface area contributed by atoms with Gasteiger partial charge in [0.15, 0.2) is 0 Å². The van der Waals surface area contributed by atoms with Crippen molar-refractivity contribution >= 4 is 0 Å². The van der Waals surface area contributed by atoms with Crippen LogP contribution in [0.25, 0.3) is 0 Å². The lowest BCUT2D eigenvalue weighted by atomic mass is 10.2. The van der Waals surface area contributed by atoms with Gasteiger partial charge in [0.05, 0.1) is 0 Å². The molecule has 0 spiro atoms. The Hall–Kier alpha value is -0.680. The molecule has 0 heterocycles. The van der Waals surface area contributed by atoms with Gasteiger partial charge >= 0.3 is 0 Å². The fourth-order valence-corrected chi connectivity index (χ4v) is 0.799. The summed E-state index contributed by atoms with van der Waals surface area (Å²) < 4.78 is 0. The molecule has 0 aromatic rings. The summed E-state index contributed by atoms with van der Waals surface area (Å²) in [5.74, 6) is 0. The Morgan fingerprint density at radius 3 is 2.45 bits per heavy atom. The van der Waals surface area contributed by atoms with Gasteiger partial charge in [-0.25, -0.2) is 5.48 Å². The Bertz CT molecular complexity index is 108. The number of hydroxylamine groups is 1. The second-order valence-corrected chi connectivity index (χ2v) is 2.38. The van der Waals surface area contributed by atoms with Crippen molar-refractivity contribution < 1.29 is 10.1 Å². The third-order valence-electron chi connectivity index (χ3n) is 1.38. The molecule has 11 heavy (non-hydrogen) atoms. The summed E-state index contributed by atoms with van der Waals surface area (Å²) in [6, 6.07) is 0. The number of nitrogens with one attached hydrogen (secondary N) is 1. The highest BCUT2D eigenvalue weighted by molar-refractivity contribution is 4.42. The lowest BCUT2D eigenvalue weighted by molar-refractivity contribution is -0.480. The molecule has 5 nitrogen and oxygen atoms in total. The van der Waals surface area contributed by atoms with Gasteiger partial charge in [-0.2, -0.15) is 0 Å². The van der Waals surface area contributed by atoms with Crippen LogP contribution in [0.5, 0.6) is 0 Å². The molecule has 0 fully saturated rings. The van der Waals surface area contributed by atoms with E-state index in [0.29, 0.717) is 13.0 Å². The molecule has 0 saturated carbocycles. The lowest BCUT2D eigenvalue weighted by Crippen LogP contribution is -2.08. The van der Waals surface area contributed by atoms with Crippen LogP contribution >= 0.6 is 0 Å². The molecule has 0 aliphatic rings. The maximum absolute atomic E-state index is 9.84. The summed E-state index contributed by atoms with van der Waals surface area (Å²) >= 11 is 0. The molecule has 0 atom stereocenters. The molecule has 0 aromatic carbocycles. The number of hydrogen-bond acceptors (Lipinski definition) is 4. The number of nitro groups is 1. The molecule has 0 radical (unpaired) electrons. The SMILES string of the molecule is O=[N+]([O-])CCCCCCNO. The number of hydrogen-bond donors (Lipinski definition) is 2. The number of nitrogens with zero attached hydrogens (tertiary/aromatic N) is 1. The molecular formula is C6H14N2O3. The first-order chi connectivity index (χ1) is 5.27. The minimum atomic E-state index is -0.301. The summed E-state index contributed by atoms with van der Waals surface area (Å²) in [5, 5.41) is 18.0. The van der Waals surface area contributed by atoms with Gasteiger partial charge in [-0.15, -0.1) is 0 Å². The second-order valence-electron chi connectivity index (χ2n) is 2.38. The van der Waals surface area contributed by atoms with E-state index in [9.17, 15) is 10.1 Å². The van der Waals surface area contributed by atoms with Crippen LogP contribution in [0.3, 0.4) is 0 Å². The predicted octanol–water partition coefficient (Wildman–Crippen LogP) is 0.802. The van der Waals surface area contributed by atoms with Crippen molar-refractivity contribution in [1.82, 2.24) is 5.48 Å². The minimum absolute atomic E-state index is 0.0621. The van der Waals surface area contributed by atoms with Crippen LogP contribution in [0, 0.1) is 10.1 Å². The third kappa shape index (κ3) is 9.32. The summed E-state index contributed by atoms with van der Waals surface area (Å²) in [6.45, 7) is 0.630. The van der Waals surface area contributed by atoms with Crippen LogP contribution in [-0.2, 0) is 0 Å². The molecule has 66 valence electrons. The number of unbranched alkanes of at least 4 members (excludes halogenated alkanes) is 3. The Labute approximate surface area is 65.5 Å². The zero-order valence-corrected chi connectivity index (χ0v) is 6.45. The van der Waals surface area contributed by atoms with E-state index in [4.69, 9.17) is 5.21 Å². The average molecular weight is 162 g/mol. The maximum Gasteiger partial charge on any atom is 0.203 e. The molecule has 0 aromatic heterocycles. The Kier molecular flexibility index (Phi) is 6.97. The van der Waals surface area contributed by atoms with E-state index in [1.807, 2.05) is 5.48 Å². The topological polar surface area (TPSA) is 75.4 Å². The average Bonchev–Trinajstić information content (AvgIpc) is 1.96. The van der Waals surface area contributed by atoms with Gasteiger partial charge in [0.2, 0.25) is 6.54 Å². The van der Waals surface area contributed by atoms with Gasteiger partial charge in [-0.05, 0) is 12.8 Å². The van der Waals surface area contributed by atoms with Crippen LogP contribution in [0.4, 0.5) is 0 Å². The second kappa shape index (κ2) is 7.43. The molecule has 0 rings (SSSR count). The molecule has 2 N–H and O–H groups in total. The molecule has 5 heteroatoms. The van der Waals surface area contributed by atoms with Crippen LogP contribution in [0.1, 0.15) is 25.7 Å². The van der Waals surface area contributed by atoms with E-state index in [0.717, 1.165) is 19.3 Å². The standard InChI is InChI=1S/C6H14N2O3/c9-7-5-3-1-2-4-6-8(10)11/h7,9H,1-6H2. The molecule has 0 bridgehead atoms. The highest BCUT2D eigenvalue weighted by Crippen LogP contribution is 1.98. The van der Waals surface area contributed by atoms with Crippen molar-refractivity contribution in [2.75, 3.05) is 13.1 Å². The van der Waals surface area contributed by atoms with E-state index in [-0.39, 0.29) is 11.5 Å². The van der Waals surface area contributed by atoms with Gasteiger partial charge < -0.3 is 5.21 Å². The normalized spacial score (nSPS) is 9.91. The monoisotopic (exact) mass is 162 g/mol. The summed E-state index contributed by atoms with van der Waals surface area (Å²) in [7, 11) is 0. The van der Waals surface area contributed by atoms with Gasteiger partial charge in [0, 0.05) is 17.9 Å². The van der Waals surface area contributed by atoms with Crippen LogP contribution in [0.15, 0.2) is 0 Å². The first kappa shape index (κ1) is 10.3. The lowest BCUT2D eigenvalue weighted by Gasteiger charge is -1.96. The molecule has 0 aliphatic carbocycles. The quantitative estimate of drug-likeness (QED) is 0.330. The summed E-state index contributed by atoms with van der Waals surface area (Å²) in [4.78, 5) is 9.54. The van der Waals surface area contributed by atoms with Gasteiger partial charge in [-0.1, -0.05) is 6.42 Å². The summed E-state index contributed by atoms with van der Waals surface area (Å²) in [6.07, 6.45) is 3.30. The van der Waals surface area contributed by atoms with Crippen molar-refractivity contribution in [1.29, 1.82) is 0 Å². The van der Waals surface area contributed by atoms with Crippen molar-refractivity contribution in [2.24, 2.45) is 0 Å². The fraction of sp³-hybridized carbons (Fsp3) is 1.00. The van der Waals surface area contributed by atoms with Gasteiger partial charge in [-0.3, -0.25) is 10.1 Å². The largest absolute Gasteiger partial charge is 0.317 e. The van der Waals surface area contributed by atoms with Crippen molar-refractivity contribution in [3.8, 4) is 0 Å². The Morgan fingerprint density at radius 2 is 1.91 bits per heavy atom. The highest BCUT2D eigenvalue weighted by atomic mass is 16.6. The van der Waals surface area contributed by atoms with Crippen LogP contribution in [0.2, 0.25) is 0 Å². The van der Waals surface area contributed by atoms with E-state index < -0.39 is 0 Å². The zero-order valence-electron chi connectivity index (χ0n) is 6.45. The first-order valence-electron chi connectivity index (χ1n) is 3.76. The molecule has 0 saturated heterocycles. The molecule has 0 aliphatic heterocycles. The zero-order chi connectivity index (χ0) is 8.53. The van der Waals surface area contributed by atoms with E-state index in [1.54, 1.807) is 0 Å². The highest BCUT2D eigenvalue weighted by Gasteiger charge is 1.95. The van der Waals surface area contributed by atoms with Crippen LogP contribution < -0.4 is 5.48 Å². The van der Waals surface area contributed by atoms with Gasteiger partial charge in [0.1, 0.15) is 0 Å². The van der Waals surface area contributed by atoms with E-state index >= 15 is 0 Å². The molecule has 0 unspecified atom stereocenters. The Balaban J connectivity index is 2.85. The first-order valence-corrected chi connectivity index (χ1v) is 3.76. The van der Waals surface area contributed by atoms with Crippen molar-refractivity contribution in [3.63, 3.8) is 0 Å². The molecule has 0 amide bonds. The summed E-state index contributed by atoms with van der Waals surface area (Å²) in [5.41, 5.74) is 2.03. The van der Waals surface area contributed by atoms with Crippen LogP contribution in [-0.4, -0.2) is 23.2 Å².